The number of benzene rings is 3. The summed E-state index contributed by atoms with van der Waals surface area (Å²) in [4.78, 5) is 15.3. The number of rotatable bonds is 9. The van der Waals surface area contributed by atoms with Crippen LogP contribution in [-0.2, 0) is 29.7 Å². The Bertz CT molecular complexity index is 1320. The van der Waals surface area contributed by atoms with E-state index in [4.69, 9.17) is 23.2 Å². The van der Waals surface area contributed by atoms with Crippen LogP contribution < -0.4 is 9.62 Å². The van der Waals surface area contributed by atoms with Crippen molar-refractivity contribution in [2.75, 3.05) is 23.7 Å². The van der Waals surface area contributed by atoms with Gasteiger partial charge in [-0.15, -0.1) is 0 Å². The van der Waals surface area contributed by atoms with E-state index in [0.717, 1.165) is 31.5 Å². The van der Waals surface area contributed by atoms with Crippen LogP contribution in [0.25, 0.3) is 0 Å². The lowest BCUT2D eigenvalue weighted by atomic mass is 10.1. The Kier molecular flexibility index (Phi) is 8.57. The Morgan fingerprint density at radius 1 is 0.944 bits per heavy atom. The van der Waals surface area contributed by atoms with Gasteiger partial charge in [0.2, 0.25) is 10.0 Å². The first kappa shape index (κ1) is 26.5. The van der Waals surface area contributed by atoms with Crippen molar-refractivity contribution < 1.29 is 13.2 Å². The second-order valence-electron chi connectivity index (χ2n) is 8.97. The molecule has 1 N–H and O–H groups in total. The molecule has 1 saturated heterocycles. The maximum absolute atomic E-state index is 12.8. The van der Waals surface area contributed by atoms with Crippen LogP contribution in [-0.4, -0.2) is 38.6 Å². The minimum atomic E-state index is -3.63. The number of nitrogens with one attached hydrogen (secondary N) is 1. The lowest BCUT2D eigenvalue weighted by Crippen LogP contribution is -2.29. The molecule has 1 fully saturated rings. The fourth-order valence-electron chi connectivity index (χ4n) is 4.34. The van der Waals surface area contributed by atoms with Gasteiger partial charge >= 0.3 is 0 Å². The predicted molar refractivity (Wildman–Crippen MR) is 146 cm³/mol. The Hall–Kier alpha value is -2.58. The number of nitrogens with zero attached hydrogens (tertiary/aromatic N) is 2. The third-order valence-electron chi connectivity index (χ3n) is 6.29. The van der Waals surface area contributed by atoms with E-state index in [0.29, 0.717) is 23.4 Å². The van der Waals surface area contributed by atoms with Crippen LogP contribution in [0.4, 0.5) is 5.69 Å². The highest BCUT2D eigenvalue weighted by molar-refractivity contribution is 7.92. The third kappa shape index (κ3) is 6.59. The summed E-state index contributed by atoms with van der Waals surface area (Å²) in [5.41, 5.74) is 3.86. The molecular weight excluding hydrogens is 517 g/mol. The summed E-state index contributed by atoms with van der Waals surface area (Å²) in [5.74, 6) is -0.185. The molecule has 1 aliphatic rings. The van der Waals surface area contributed by atoms with E-state index in [1.165, 1.54) is 22.7 Å². The Labute approximate surface area is 222 Å². The van der Waals surface area contributed by atoms with Gasteiger partial charge in [-0.05, 0) is 66.9 Å². The average Bonchev–Trinajstić information content (AvgIpc) is 3.37. The van der Waals surface area contributed by atoms with Gasteiger partial charge in [0.15, 0.2) is 0 Å². The molecule has 1 heterocycles. The number of carbonyl (C=O) groups is 1. The second kappa shape index (κ2) is 11.6. The van der Waals surface area contributed by atoms with Gasteiger partial charge in [0, 0.05) is 18.7 Å². The van der Waals surface area contributed by atoms with Crippen LogP contribution in [0.15, 0.2) is 66.7 Å². The number of hydrogen-bond donors (Lipinski definition) is 1. The van der Waals surface area contributed by atoms with Gasteiger partial charge in [-0.3, -0.25) is 14.0 Å². The van der Waals surface area contributed by atoms with Gasteiger partial charge < -0.3 is 5.32 Å². The highest BCUT2D eigenvalue weighted by atomic mass is 35.5. The third-order valence-corrected chi connectivity index (χ3v) is 8.23. The number of halogens is 2. The number of amides is 1. The zero-order valence-electron chi connectivity index (χ0n) is 20.1. The molecule has 9 heteroatoms. The summed E-state index contributed by atoms with van der Waals surface area (Å²) < 4.78 is 26.2. The van der Waals surface area contributed by atoms with Crippen LogP contribution in [0.5, 0.6) is 0 Å². The Morgan fingerprint density at radius 3 is 2.28 bits per heavy atom. The molecule has 0 spiro atoms. The SMILES string of the molecule is CS(=O)(=O)N(Cc1ccc(C(=O)NCc2ccccc2CN2CCCC2)cc1)c1cccc(Cl)c1Cl. The molecule has 36 heavy (non-hydrogen) atoms. The number of sulfonamides is 1. The lowest BCUT2D eigenvalue weighted by Gasteiger charge is -2.24. The molecule has 0 atom stereocenters. The highest BCUT2D eigenvalue weighted by Crippen LogP contribution is 2.34. The minimum Gasteiger partial charge on any atom is -0.348 e. The largest absolute Gasteiger partial charge is 0.348 e. The van der Waals surface area contributed by atoms with Gasteiger partial charge in [0.05, 0.1) is 28.5 Å². The van der Waals surface area contributed by atoms with Gasteiger partial charge in [0.1, 0.15) is 0 Å². The van der Waals surface area contributed by atoms with Gasteiger partial charge in [-0.25, -0.2) is 8.42 Å². The van der Waals surface area contributed by atoms with Crippen molar-refractivity contribution in [1.29, 1.82) is 0 Å². The molecule has 3 aromatic rings. The molecule has 4 rings (SSSR count). The van der Waals surface area contributed by atoms with E-state index in [1.807, 2.05) is 12.1 Å². The quantitative estimate of drug-likeness (QED) is 0.386. The van der Waals surface area contributed by atoms with Crippen molar-refractivity contribution in [3.05, 3.63) is 99.0 Å². The zero-order valence-corrected chi connectivity index (χ0v) is 22.4. The molecule has 1 amide bonds. The van der Waals surface area contributed by atoms with Gasteiger partial charge in [-0.1, -0.05) is 65.7 Å². The van der Waals surface area contributed by atoms with Crippen molar-refractivity contribution in [3.8, 4) is 0 Å². The standard InChI is InChI=1S/C27H29Cl2N3O3S/c1-36(34,35)32(25-10-6-9-24(28)26(25)29)18-20-11-13-21(14-12-20)27(33)30-17-22-7-2-3-8-23(22)19-31-15-4-5-16-31/h2-3,6-14H,4-5,15-19H2,1H3,(H,30,33). The van der Waals surface area contributed by atoms with Gasteiger partial charge in [-0.2, -0.15) is 0 Å². The van der Waals surface area contributed by atoms with Crippen LogP contribution in [0.1, 0.15) is 39.9 Å². The van der Waals surface area contributed by atoms with Crippen LogP contribution >= 0.6 is 23.2 Å². The molecule has 0 aliphatic carbocycles. The van der Waals surface area contributed by atoms with E-state index < -0.39 is 10.0 Å². The molecule has 0 aromatic heterocycles. The van der Waals surface area contributed by atoms with Crippen molar-refractivity contribution in [3.63, 3.8) is 0 Å². The minimum absolute atomic E-state index is 0.0602. The van der Waals surface area contributed by atoms with Crippen LogP contribution in [0.3, 0.4) is 0 Å². The fraction of sp³-hybridized carbons (Fsp3) is 0.296. The second-order valence-corrected chi connectivity index (χ2v) is 11.7. The smallest absolute Gasteiger partial charge is 0.251 e. The van der Waals surface area contributed by atoms with Crippen LogP contribution in [0, 0.1) is 0 Å². The molecule has 0 radical (unpaired) electrons. The van der Waals surface area contributed by atoms with Gasteiger partial charge in [0.25, 0.3) is 5.91 Å². The van der Waals surface area contributed by atoms with E-state index in [-0.39, 0.29) is 22.5 Å². The monoisotopic (exact) mass is 545 g/mol. The van der Waals surface area contributed by atoms with Crippen molar-refractivity contribution in [2.45, 2.75) is 32.5 Å². The van der Waals surface area contributed by atoms with E-state index in [2.05, 4.69) is 22.3 Å². The Morgan fingerprint density at radius 2 is 1.61 bits per heavy atom. The molecule has 3 aromatic carbocycles. The number of likely N-dealkylation sites (tertiary alicyclic amines) is 1. The molecule has 0 bridgehead atoms. The molecule has 6 nitrogen and oxygen atoms in total. The first-order valence-corrected chi connectivity index (χ1v) is 14.4. The first-order chi connectivity index (χ1) is 17.2. The highest BCUT2D eigenvalue weighted by Gasteiger charge is 2.22. The summed E-state index contributed by atoms with van der Waals surface area (Å²) in [6, 6.07) is 19.9. The van der Waals surface area contributed by atoms with Crippen LogP contribution in [0.2, 0.25) is 10.0 Å². The average molecular weight is 547 g/mol. The molecule has 190 valence electrons. The maximum atomic E-state index is 12.8. The maximum Gasteiger partial charge on any atom is 0.251 e. The Balaban J connectivity index is 1.42. The molecule has 1 aliphatic heterocycles. The zero-order chi connectivity index (χ0) is 25.7. The lowest BCUT2D eigenvalue weighted by molar-refractivity contribution is 0.0950. The van der Waals surface area contributed by atoms with Crippen molar-refractivity contribution >= 4 is 44.8 Å². The molecule has 0 unspecified atom stereocenters. The van der Waals surface area contributed by atoms with Crippen molar-refractivity contribution in [2.24, 2.45) is 0 Å². The number of hydrogen-bond acceptors (Lipinski definition) is 4. The number of carbonyl (C=O) groups excluding carboxylic acids is 1. The van der Waals surface area contributed by atoms with E-state index >= 15 is 0 Å². The summed E-state index contributed by atoms with van der Waals surface area (Å²) in [6.45, 7) is 3.64. The molecule has 0 saturated carbocycles. The molecular formula is C27H29Cl2N3O3S. The van der Waals surface area contributed by atoms with Crippen molar-refractivity contribution in [1.82, 2.24) is 10.2 Å². The topological polar surface area (TPSA) is 69.7 Å². The van der Waals surface area contributed by atoms with E-state index in [9.17, 15) is 13.2 Å². The normalized spacial score (nSPS) is 14.1. The summed E-state index contributed by atoms with van der Waals surface area (Å²) >= 11 is 12.4. The first-order valence-electron chi connectivity index (χ1n) is 11.8. The number of anilines is 1. The summed E-state index contributed by atoms with van der Waals surface area (Å²) in [5, 5.41) is 3.46. The summed E-state index contributed by atoms with van der Waals surface area (Å²) in [7, 11) is -3.63. The fourth-order valence-corrected chi connectivity index (χ4v) is 5.68. The predicted octanol–water partition coefficient (Wildman–Crippen LogP) is 5.49. The summed E-state index contributed by atoms with van der Waals surface area (Å²) in [6.07, 6.45) is 3.60. The van der Waals surface area contributed by atoms with E-state index in [1.54, 1.807) is 42.5 Å².